The molecule has 6 nitrogen and oxygen atoms in total. The van der Waals surface area contributed by atoms with Gasteiger partial charge in [0.2, 0.25) is 15.9 Å². The molecule has 2 fully saturated rings. The van der Waals surface area contributed by atoms with Crippen molar-refractivity contribution in [3.05, 3.63) is 0 Å². The van der Waals surface area contributed by atoms with Crippen LogP contribution in [0.4, 0.5) is 0 Å². The third-order valence-corrected chi connectivity index (χ3v) is 6.08. The first-order valence-electron chi connectivity index (χ1n) is 9.16. The number of amides is 1. The first-order valence-corrected chi connectivity index (χ1v) is 11.1. The number of hydrogen-bond acceptors (Lipinski definition) is 4. The zero-order valence-corrected chi connectivity index (χ0v) is 16.0. The summed E-state index contributed by atoms with van der Waals surface area (Å²) in [5.41, 5.74) is -0.227. The highest BCUT2D eigenvalue weighted by molar-refractivity contribution is 7.88. The van der Waals surface area contributed by atoms with Gasteiger partial charge in [0.05, 0.1) is 18.5 Å². The first kappa shape index (κ1) is 19.7. The van der Waals surface area contributed by atoms with Crippen LogP contribution in [-0.4, -0.2) is 56.8 Å². The van der Waals surface area contributed by atoms with Crippen LogP contribution in [0.25, 0.3) is 0 Å². The van der Waals surface area contributed by atoms with Crippen molar-refractivity contribution in [3.63, 3.8) is 0 Å². The van der Waals surface area contributed by atoms with Crippen LogP contribution in [0.5, 0.6) is 0 Å². The fraction of sp³-hybridized carbons (Fsp3) is 0.941. The highest BCUT2D eigenvalue weighted by atomic mass is 32.2. The quantitative estimate of drug-likeness (QED) is 0.812. The molecular weight excluding hydrogens is 328 g/mol. The van der Waals surface area contributed by atoms with Gasteiger partial charge in [-0.05, 0) is 18.8 Å². The van der Waals surface area contributed by atoms with E-state index in [1.54, 1.807) is 0 Å². The molecule has 1 saturated carbocycles. The van der Waals surface area contributed by atoms with Crippen molar-refractivity contribution >= 4 is 15.9 Å². The van der Waals surface area contributed by atoms with Gasteiger partial charge < -0.3 is 9.64 Å². The molecule has 7 heteroatoms. The van der Waals surface area contributed by atoms with Crippen molar-refractivity contribution in [3.8, 4) is 0 Å². The molecule has 2 atom stereocenters. The molecule has 0 bridgehead atoms. The number of hydrogen-bond donors (Lipinski definition) is 1. The summed E-state index contributed by atoms with van der Waals surface area (Å²) in [5.74, 6) is -0.151. The normalized spacial score (nSPS) is 24.4. The maximum atomic E-state index is 13.0. The molecule has 1 aliphatic carbocycles. The molecule has 0 aromatic carbocycles. The van der Waals surface area contributed by atoms with Crippen LogP contribution in [-0.2, 0) is 19.6 Å². The van der Waals surface area contributed by atoms with E-state index in [-0.39, 0.29) is 17.4 Å². The Hall–Kier alpha value is -0.660. The number of ether oxygens (including phenoxy) is 1. The second-order valence-corrected chi connectivity index (χ2v) is 9.24. The molecule has 0 unspecified atom stereocenters. The summed E-state index contributed by atoms with van der Waals surface area (Å²) in [6.45, 7) is 5.56. The number of nitrogens with zero attached hydrogens (tertiary/aromatic N) is 1. The Morgan fingerprint density at radius 1 is 1.25 bits per heavy atom. The second kappa shape index (κ2) is 8.15. The zero-order valence-electron chi connectivity index (χ0n) is 15.2. The number of nitrogens with one attached hydrogen (secondary N) is 1. The van der Waals surface area contributed by atoms with Gasteiger partial charge in [-0.1, -0.05) is 46.0 Å². The van der Waals surface area contributed by atoms with Crippen LogP contribution in [0.2, 0.25) is 0 Å². The van der Waals surface area contributed by atoms with Gasteiger partial charge in [-0.3, -0.25) is 4.79 Å². The number of sulfonamides is 1. The Morgan fingerprint density at radius 2 is 1.88 bits per heavy atom. The molecule has 2 aliphatic rings. The van der Waals surface area contributed by atoms with E-state index >= 15 is 0 Å². The van der Waals surface area contributed by atoms with E-state index in [9.17, 15) is 13.2 Å². The molecule has 1 saturated heterocycles. The minimum absolute atomic E-state index is 0.0415. The maximum absolute atomic E-state index is 13.0. The van der Waals surface area contributed by atoms with Crippen molar-refractivity contribution in [1.29, 1.82) is 0 Å². The first-order chi connectivity index (χ1) is 11.3. The fourth-order valence-electron chi connectivity index (χ4n) is 3.78. The van der Waals surface area contributed by atoms with Crippen molar-refractivity contribution in [2.75, 3.05) is 26.0 Å². The summed E-state index contributed by atoms with van der Waals surface area (Å²) in [5, 5.41) is 0. The van der Waals surface area contributed by atoms with E-state index in [0.29, 0.717) is 19.7 Å². The van der Waals surface area contributed by atoms with Gasteiger partial charge in [-0.2, -0.15) is 0 Å². The zero-order chi connectivity index (χ0) is 17.8. The predicted molar refractivity (Wildman–Crippen MR) is 94.2 cm³/mol. The number of morpholine rings is 1. The molecule has 24 heavy (non-hydrogen) atoms. The minimum atomic E-state index is -3.43. The van der Waals surface area contributed by atoms with E-state index < -0.39 is 16.1 Å². The maximum Gasteiger partial charge on any atom is 0.241 e. The van der Waals surface area contributed by atoms with Gasteiger partial charge >= 0.3 is 0 Å². The van der Waals surface area contributed by atoms with Crippen LogP contribution >= 0.6 is 0 Å². The molecule has 0 aromatic heterocycles. The molecule has 1 heterocycles. The largest absolute Gasteiger partial charge is 0.371 e. The van der Waals surface area contributed by atoms with E-state index in [2.05, 4.69) is 4.72 Å². The van der Waals surface area contributed by atoms with Crippen LogP contribution in [0.15, 0.2) is 0 Å². The monoisotopic (exact) mass is 360 g/mol. The molecule has 1 amide bonds. The second-order valence-electron chi connectivity index (χ2n) is 7.46. The number of rotatable bonds is 5. The summed E-state index contributed by atoms with van der Waals surface area (Å²) in [6.07, 6.45) is 8.57. The smallest absolute Gasteiger partial charge is 0.241 e. The molecular formula is C17H32N2O4S. The van der Waals surface area contributed by atoms with Crippen LogP contribution in [0, 0.1) is 5.92 Å². The van der Waals surface area contributed by atoms with Crippen molar-refractivity contribution in [2.45, 2.75) is 70.4 Å². The average molecular weight is 361 g/mol. The molecule has 140 valence electrons. The topological polar surface area (TPSA) is 75.7 Å². The highest BCUT2D eigenvalue weighted by Gasteiger charge is 2.41. The van der Waals surface area contributed by atoms with Gasteiger partial charge in [0.15, 0.2) is 0 Å². The van der Waals surface area contributed by atoms with Crippen LogP contribution < -0.4 is 4.72 Å². The lowest BCUT2D eigenvalue weighted by Crippen LogP contribution is -2.59. The van der Waals surface area contributed by atoms with E-state index in [0.717, 1.165) is 38.4 Å². The Bertz CT molecular complexity index is 527. The van der Waals surface area contributed by atoms with Crippen molar-refractivity contribution in [1.82, 2.24) is 9.62 Å². The SMILES string of the molecule is CC[C@H](C)[C@H](NS(C)(=O)=O)C(=O)N1CCOC2(CCCCCC2)C1. The fourth-order valence-corrected chi connectivity index (χ4v) is 4.58. The van der Waals surface area contributed by atoms with E-state index in [4.69, 9.17) is 4.74 Å². The van der Waals surface area contributed by atoms with Crippen LogP contribution in [0.3, 0.4) is 0 Å². The summed E-state index contributed by atoms with van der Waals surface area (Å²) in [7, 11) is -3.43. The lowest BCUT2D eigenvalue weighted by molar-refractivity contribution is -0.155. The molecule has 0 aromatic rings. The van der Waals surface area contributed by atoms with Crippen molar-refractivity contribution < 1.29 is 17.9 Å². The standard InChI is InChI=1S/C17H32N2O4S/c1-4-14(2)15(18-24(3,21)22)16(20)19-11-12-23-17(13-19)9-7-5-6-8-10-17/h14-15,18H,4-13H2,1-3H3/t14-,15-/m0/s1. The Kier molecular flexibility index (Phi) is 6.67. The van der Waals surface area contributed by atoms with Gasteiger partial charge in [-0.25, -0.2) is 13.1 Å². The predicted octanol–water partition coefficient (Wildman–Crippen LogP) is 1.90. The number of carbonyl (C=O) groups excluding carboxylic acids is 1. The Labute approximate surface area is 146 Å². The van der Waals surface area contributed by atoms with Gasteiger partial charge in [0.25, 0.3) is 0 Å². The number of carbonyl (C=O) groups is 1. The van der Waals surface area contributed by atoms with Gasteiger partial charge in [-0.15, -0.1) is 0 Å². The molecule has 1 N–H and O–H groups in total. The molecule has 1 spiro atoms. The average Bonchev–Trinajstić information content (AvgIpc) is 2.76. The van der Waals surface area contributed by atoms with Gasteiger partial charge in [0.1, 0.15) is 6.04 Å². The van der Waals surface area contributed by atoms with Crippen LogP contribution in [0.1, 0.15) is 58.8 Å². The van der Waals surface area contributed by atoms with E-state index in [1.807, 2.05) is 18.7 Å². The molecule has 2 rings (SSSR count). The highest BCUT2D eigenvalue weighted by Crippen LogP contribution is 2.33. The van der Waals surface area contributed by atoms with Crippen molar-refractivity contribution in [2.24, 2.45) is 5.92 Å². The Balaban J connectivity index is 2.13. The minimum Gasteiger partial charge on any atom is -0.371 e. The molecule has 1 aliphatic heterocycles. The molecule has 0 radical (unpaired) electrons. The Morgan fingerprint density at radius 3 is 2.42 bits per heavy atom. The lowest BCUT2D eigenvalue weighted by Gasteiger charge is -2.44. The summed E-state index contributed by atoms with van der Waals surface area (Å²) < 4.78 is 32.0. The lowest BCUT2D eigenvalue weighted by atomic mass is 9.91. The summed E-state index contributed by atoms with van der Waals surface area (Å²) >= 11 is 0. The third-order valence-electron chi connectivity index (χ3n) is 5.40. The van der Waals surface area contributed by atoms with E-state index in [1.165, 1.54) is 12.8 Å². The summed E-state index contributed by atoms with van der Waals surface area (Å²) in [6, 6.07) is -0.689. The third kappa shape index (κ3) is 5.17. The van der Waals surface area contributed by atoms with Gasteiger partial charge in [0, 0.05) is 13.1 Å². The summed E-state index contributed by atoms with van der Waals surface area (Å²) in [4.78, 5) is 14.9.